The van der Waals surface area contributed by atoms with E-state index in [4.69, 9.17) is 34.5 Å². The SMILES string of the molecule is Cc1cc(N=Nc2ccc(S(=O)(=O)[O-])c3ccccc23)c(N)c(N=Nc2ccc(-c3ccc(N=Nc4c(S(=O)(=O)[O-])cc(N)c(Cl)c4N)cc3)cc2)c1N.[Na+].[Na+]. The van der Waals surface area contributed by atoms with E-state index in [9.17, 15) is 25.9 Å². The van der Waals surface area contributed by atoms with E-state index < -0.39 is 30.8 Å². The van der Waals surface area contributed by atoms with Crippen molar-refractivity contribution < 1.29 is 85.1 Å². The van der Waals surface area contributed by atoms with Crippen molar-refractivity contribution in [3.8, 4) is 11.1 Å². The smallest absolute Gasteiger partial charge is 0.744 e. The maximum Gasteiger partial charge on any atom is 1.00 e. The number of fused-ring (bicyclic) bond motifs is 1. The quantitative estimate of drug-likeness (QED) is 0.0715. The number of rotatable bonds is 9. The zero-order valence-electron chi connectivity index (χ0n) is 29.9. The number of aryl methyl sites for hydroxylation is 1. The first-order chi connectivity index (χ1) is 25.5. The molecule has 6 aromatic rings. The molecular weight excluding hydrogens is 802 g/mol. The fourth-order valence-electron chi connectivity index (χ4n) is 5.29. The van der Waals surface area contributed by atoms with E-state index in [1.165, 1.54) is 18.2 Å². The van der Waals surface area contributed by atoms with Gasteiger partial charge < -0.3 is 32.0 Å². The normalized spacial score (nSPS) is 12.0. The molecule has 21 heteroatoms. The van der Waals surface area contributed by atoms with Gasteiger partial charge in [-0.05, 0) is 72.1 Å². The van der Waals surface area contributed by atoms with Gasteiger partial charge in [0.2, 0.25) is 0 Å². The number of nitrogen functional groups attached to an aromatic ring is 4. The molecule has 8 N–H and O–H groups in total. The molecule has 6 rings (SSSR count). The average molecular weight is 829 g/mol. The molecule has 0 amide bonds. The second kappa shape index (κ2) is 17.9. The third-order valence-electron chi connectivity index (χ3n) is 8.09. The maximum absolute atomic E-state index is 11.8. The van der Waals surface area contributed by atoms with Gasteiger partial charge in [0.25, 0.3) is 0 Å². The Kier molecular flexibility index (Phi) is 14.2. The summed E-state index contributed by atoms with van der Waals surface area (Å²) in [5, 5.41) is 25.5. The Balaban J connectivity index is 0.00000348. The van der Waals surface area contributed by atoms with E-state index >= 15 is 0 Å². The van der Waals surface area contributed by atoms with Gasteiger partial charge in [-0.15, -0.1) is 20.5 Å². The number of nitrogens with zero attached hydrogens (tertiary/aromatic N) is 6. The number of nitrogens with two attached hydrogens (primary N) is 4. The minimum absolute atomic E-state index is 0. The van der Waals surface area contributed by atoms with E-state index in [1.54, 1.807) is 67.6 Å². The Bertz CT molecular complexity index is 2790. The molecule has 16 nitrogen and oxygen atoms in total. The minimum Gasteiger partial charge on any atom is -0.744 e. The number of azo groups is 3. The van der Waals surface area contributed by atoms with Crippen LogP contribution in [0.15, 0.2) is 138 Å². The largest absolute Gasteiger partial charge is 1.00 e. The van der Waals surface area contributed by atoms with Crippen molar-refractivity contribution in [3.05, 3.63) is 108 Å². The second-order valence-electron chi connectivity index (χ2n) is 11.7. The van der Waals surface area contributed by atoms with Gasteiger partial charge in [0.15, 0.2) is 0 Å². The van der Waals surface area contributed by atoms with Gasteiger partial charge in [-0.25, -0.2) is 16.8 Å². The van der Waals surface area contributed by atoms with E-state index in [2.05, 4.69) is 30.7 Å². The van der Waals surface area contributed by atoms with Gasteiger partial charge in [0.1, 0.15) is 37.3 Å². The van der Waals surface area contributed by atoms with Gasteiger partial charge in [-0.3, -0.25) is 0 Å². The summed E-state index contributed by atoms with van der Waals surface area (Å²) in [5.41, 5.74) is 27.5. The van der Waals surface area contributed by atoms with Crippen LogP contribution in [0.25, 0.3) is 21.9 Å². The average Bonchev–Trinajstić information content (AvgIpc) is 3.13. The number of benzene rings is 6. The molecule has 0 aliphatic heterocycles. The van der Waals surface area contributed by atoms with Crippen LogP contribution >= 0.6 is 11.6 Å². The van der Waals surface area contributed by atoms with E-state index in [0.29, 0.717) is 28.0 Å². The zero-order valence-corrected chi connectivity index (χ0v) is 36.3. The predicted molar refractivity (Wildman–Crippen MR) is 205 cm³/mol. The number of anilines is 4. The van der Waals surface area contributed by atoms with Crippen LogP contribution in [-0.2, 0) is 20.2 Å². The van der Waals surface area contributed by atoms with Crippen LogP contribution in [0.2, 0.25) is 5.02 Å². The van der Waals surface area contributed by atoms with Gasteiger partial charge in [0.05, 0.1) is 54.6 Å². The topological polar surface area (TPSA) is 293 Å². The van der Waals surface area contributed by atoms with Crippen LogP contribution in [0.5, 0.6) is 0 Å². The molecule has 0 unspecified atom stereocenters. The molecule has 0 aliphatic carbocycles. The number of halogens is 1. The molecule has 0 fully saturated rings. The van der Waals surface area contributed by atoms with Crippen molar-refractivity contribution in [1.29, 1.82) is 0 Å². The number of hydrogen-bond donors (Lipinski definition) is 4. The van der Waals surface area contributed by atoms with Crippen LogP contribution in [0.4, 0.5) is 56.9 Å². The van der Waals surface area contributed by atoms with Crippen LogP contribution in [-0.4, -0.2) is 25.9 Å². The van der Waals surface area contributed by atoms with E-state index in [0.717, 1.165) is 17.2 Å². The summed E-state index contributed by atoms with van der Waals surface area (Å²) in [6.07, 6.45) is 0. The standard InChI is InChI=1S/C35H29ClN10O6S2.2Na/c1-18-16-27(44-43-26-14-15-28(53(47,48)49)24-5-3-2-4-23(24)26)32(39)35(31(18)38)46-42-22-12-8-20(9-13-22)19-6-10-21(11-7-19)41-45-34-29(54(50,51)52)17-25(37)30(36)33(34)40;;/h2-17H,37-40H2,1H3,(H,47,48,49)(H,50,51,52);;/q;2*+1/p-2. The van der Waals surface area contributed by atoms with E-state index in [-0.39, 0.29) is 109 Å². The van der Waals surface area contributed by atoms with Crippen LogP contribution < -0.4 is 82.0 Å². The van der Waals surface area contributed by atoms with Crippen molar-refractivity contribution in [2.75, 3.05) is 22.9 Å². The molecule has 274 valence electrons. The molecule has 0 spiro atoms. The first-order valence-electron chi connectivity index (χ1n) is 15.5. The van der Waals surface area contributed by atoms with E-state index in [1.807, 2.05) is 12.1 Å². The fraction of sp³-hybridized carbons (Fsp3) is 0.0286. The van der Waals surface area contributed by atoms with Gasteiger partial charge in [-0.1, -0.05) is 60.1 Å². The summed E-state index contributed by atoms with van der Waals surface area (Å²) >= 11 is 6.02. The fourth-order valence-corrected chi connectivity index (χ4v) is 6.77. The van der Waals surface area contributed by atoms with Crippen molar-refractivity contribution in [2.45, 2.75) is 16.7 Å². The first kappa shape index (κ1) is 44.4. The molecule has 0 saturated carbocycles. The van der Waals surface area contributed by atoms with Gasteiger partial charge in [-0.2, -0.15) is 10.2 Å². The summed E-state index contributed by atoms with van der Waals surface area (Å²) in [5.74, 6) is 0. The Morgan fingerprint density at radius 1 is 0.536 bits per heavy atom. The number of hydrogen-bond acceptors (Lipinski definition) is 16. The Hall–Kier alpha value is -4.31. The second-order valence-corrected chi connectivity index (χ2v) is 14.7. The van der Waals surface area contributed by atoms with Crippen molar-refractivity contribution >= 4 is 99.5 Å². The molecule has 0 bridgehead atoms. The molecule has 0 heterocycles. The minimum atomic E-state index is -4.98. The van der Waals surface area contributed by atoms with Crippen LogP contribution in [0, 0.1) is 6.92 Å². The zero-order chi connectivity index (χ0) is 38.9. The Labute approximate surface area is 370 Å². The summed E-state index contributed by atoms with van der Waals surface area (Å²) in [6.45, 7) is 1.74. The molecule has 6 aromatic carbocycles. The van der Waals surface area contributed by atoms with Crippen molar-refractivity contribution in [1.82, 2.24) is 0 Å². The van der Waals surface area contributed by atoms with Crippen LogP contribution in [0.3, 0.4) is 0 Å². The van der Waals surface area contributed by atoms with Gasteiger partial charge in [0, 0.05) is 10.8 Å². The van der Waals surface area contributed by atoms with Crippen LogP contribution in [0.1, 0.15) is 5.56 Å². The van der Waals surface area contributed by atoms with Crippen molar-refractivity contribution in [3.63, 3.8) is 0 Å². The molecule has 0 saturated heterocycles. The van der Waals surface area contributed by atoms with Crippen molar-refractivity contribution in [2.24, 2.45) is 30.7 Å². The summed E-state index contributed by atoms with van der Waals surface area (Å²) in [6, 6.07) is 25.4. The third-order valence-corrected chi connectivity index (χ3v) is 10.3. The molecule has 0 radical (unpaired) electrons. The predicted octanol–water partition coefficient (Wildman–Crippen LogP) is 2.86. The summed E-state index contributed by atoms with van der Waals surface area (Å²) in [7, 11) is -9.69. The Morgan fingerprint density at radius 2 is 1.04 bits per heavy atom. The summed E-state index contributed by atoms with van der Waals surface area (Å²) in [4.78, 5) is -1.10. The Morgan fingerprint density at radius 3 is 1.57 bits per heavy atom. The monoisotopic (exact) mass is 828 g/mol. The van der Waals surface area contributed by atoms with Gasteiger partial charge >= 0.3 is 59.1 Å². The molecule has 0 aromatic heterocycles. The molecular formula is C35H27ClN10Na2O6S2. The third kappa shape index (κ3) is 9.61. The molecule has 0 aliphatic rings. The molecule has 56 heavy (non-hydrogen) atoms. The first-order valence-corrected chi connectivity index (χ1v) is 18.7. The molecule has 0 atom stereocenters. The maximum atomic E-state index is 11.8. The summed E-state index contributed by atoms with van der Waals surface area (Å²) < 4.78 is 70.5.